The van der Waals surface area contributed by atoms with E-state index in [4.69, 9.17) is 5.26 Å². The molecular formula is C14H16N4S2. The summed E-state index contributed by atoms with van der Waals surface area (Å²) in [6.45, 7) is 0. The molecule has 2 heterocycles. The molecule has 2 aromatic rings. The zero-order chi connectivity index (χ0) is 13.8. The number of rotatable bonds is 7. The molecule has 4 nitrogen and oxygen atoms in total. The van der Waals surface area contributed by atoms with Crippen molar-refractivity contribution in [1.82, 2.24) is 14.8 Å². The fourth-order valence-corrected chi connectivity index (χ4v) is 3.77. The third kappa shape index (κ3) is 3.22. The van der Waals surface area contributed by atoms with Gasteiger partial charge in [0.15, 0.2) is 5.16 Å². The van der Waals surface area contributed by atoms with Gasteiger partial charge < -0.3 is 4.57 Å². The summed E-state index contributed by atoms with van der Waals surface area (Å²) in [4.78, 5) is 1.33. The van der Waals surface area contributed by atoms with Crippen LogP contribution in [0.3, 0.4) is 0 Å². The van der Waals surface area contributed by atoms with Crippen LogP contribution < -0.4 is 0 Å². The Hall–Kier alpha value is -1.32. The normalized spacial score (nSPS) is 14.3. The predicted octanol–water partition coefficient (Wildman–Crippen LogP) is 3.66. The van der Waals surface area contributed by atoms with E-state index in [9.17, 15) is 0 Å². The van der Waals surface area contributed by atoms with Gasteiger partial charge in [0.2, 0.25) is 0 Å². The molecule has 1 aliphatic rings. The minimum Gasteiger partial charge on any atom is -0.303 e. The molecule has 0 N–H and O–H groups in total. The van der Waals surface area contributed by atoms with Crippen LogP contribution >= 0.6 is 23.1 Å². The number of nitriles is 1. The Bertz CT molecular complexity index is 593. The van der Waals surface area contributed by atoms with E-state index in [2.05, 4.69) is 38.3 Å². The molecule has 0 radical (unpaired) electrons. The highest BCUT2D eigenvalue weighted by atomic mass is 32.2. The third-order valence-electron chi connectivity index (χ3n) is 3.22. The van der Waals surface area contributed by atoms with E-state index in [1.807, 2.05) is 0 Å². The minimum atomic E-state index is 0.596. The highest BCUT2D eigenvalue weighted by Gasteiger charge is 2.29. The van der Waals surface area contributed by atoms with Crippen LogP contribution in [0.2, 0.25) is 0 Å². The van der Waals surface area contributed by atoms with E-state index in [0.717, 1.165) is 29.6 Å². The van der Waals surface area contributed by atoms with E-state index in [0.29, 0.717) is 12.5 Å². The number of hydrogen-bond donors (Lipinski definition) is 0. The molecule has 20 heavy (non-hydrogen) atoms. The van der Waals surface area contributed by atoms with Crippen molar-refractivity contribution < 1.29 is 0 Å². The summed E-state index contributed by atoms with van der Waals surface area (Å²) in [7, 11) is 0. The highest BCUT2D eigenvalue weighted by Crippen LogP contribution is 2.39. The molecule has 0 bridgehead atoms. The average molecular weight is 304 g/mol. The Morgan fingerprint density at radius 3 is 3.05 bits per heavy atom. The highest BCUT2D eigenvalue weighted by molar-refractivity contribution is 7.99. The van der Waals surface area contributed by atoms with Crippen molar-refractivity contribution in [2.24, 2.45) is 0 Å². The monoisotopic (exact) mass is 304 g/mol. The number of hydrogen-bond acceptors (Lipinski definition) is 5. The summed E-state index contributed by atoms with van der Waals surface area (Å²) in [6, 6.07) is 7.01. The largest absolute Gasteiger partial charge is 0.303 e. The maximum atomic E-state index is 8.57. The van der Waals surface area contributed by atoms with Gasteiger partial charge >= 0.3 is 0 Å². The molecular weight excluding hydrogens is 288 g/mol. The topological polar surface area (TPSA) is 54.5 Å². The average Bonchev–Trinajstić information content (AvgIpc) is 3.01. The van der Waals surface area contributed by atoms with Gasteiger partial charge in [-0.05, 0) is 30.7 Å². The summed E-state index contributed by atoms with van der Waals surface area (Å²) >= 11 is 3.50. The van der Waals surface area contributed by atoms with Gasteiger partial charge in [-0.2, -0.15) is 5.26 Å². The van der Waals surface area contributed by atoms with Crippen molar-refractivity contribution in [3.8, 4) is 6.07 Å². The van der Waals surface area contributed by atoms with Crippen LogP contribution in [0.15, 0.2) is 22.7 Å². The lowest BCUT2D eigenvalue weighted by atomic mass is 10.3. The Morgan fingerprint density at radius 1 is 1.45 bits per heavy atom. The second-order valence-corrected chi connectivity index (χ2v) is 6.96. The van der Waals surface area contributed by atoms with Gasteiger partial charge in [-0.25, -0.2) is 0 Å². The molecule has 0 atom stereocenters. The smallest absolute Gasteiger partial charge is 0.191 e. The molecule has 0 aromatic carbocycles. The molecule has 1 saturated carbocycles. The number of thiophene rings is 1. The lowest BCUT2D eigenvalue weighted by Crippen LogP contribution is -2.03. The van der Waals surface area contributed by atoms with Crippen LogP contribution in [0.4, 0.5) is 0 Å². The first-order valence-corrected chi connectivity index (χ1v) is 8.71. The van der Waals surface area contributed by atoms with E-state index in [1.165, 1.54) is 17.7 Å². The Labute approximate surface area is 126 Å². The van der Waals surface area contributed by atoms with Crippen LogP contribution in [-0.4, -0.2) is 20.5 Å². The summed E-state index contributed by atoms with van der Waals surface area (Å²) in [5.74, 6) is 2.02. The molecule has 0 spiro atoms. The second-order valence-electron chi connectivity index (χ2n) is 4.87. The van der Waals surface area contributed by atoms with Crippen LogP contribution in [0.5, 0.6) is 0 Å². The van der Waals surface area contributed by atoms with Gasteiger partial charge in [-0.3, -0.25) is 0 Å². The molecule has 0 saturated heterocycles. The number of thioether (sulfide) groups is 1. The Kier molecular flexibility index (Phi) is 4.38. The molecule has 1 aliphatic carbocycles. The van der Waals surface area contributed by atoms with Gasteiger partial charge in [0.25, 0.3) is 0 Å². The second kappa shape index (κ2) is 6.42. The zero-order valence-corrected chi connectivity index (χ0v) is 12.8. The molecule has 2 aromatic heterocycles. The molecule has 1 fully saturated rings. The van der Waals surface area contributed by atoms with Crippen molar-refractivity contribution in [1.29, 1.82) is 5.26 Å². The maximum absolute atomic E-state index is 8.57. The van der Waals surface area contributed by atoms with Gasteiger partial charge in [-0.1, -0.05) is 17.8 Å². The summed E-state index contributed by atoms with van der Waals surface area (Å²) < 4.78 is 2.32. The zero-order valence-electron chi connectivity index (χ0n) is 11.2. The van der Waals surface area contributed by atoms with Crippen LogP contribution in [0.25, 0.3) is 0 Å². The summed E-state index contributed by atoms with van der Waals surface area (Å²) in [5.41, 5.74) is 0. The number of unbranched alkanes of at least 4 members (excludes halogenated alkanes) is 1. The molecule has 0 unspecified atom stereocenters. The maximum Gasteiger partial charge on any atom is 0.191 e. The van der Waals surface area contributed by atoms with Gasteiger partial charge in [-0.15, -0.1) is 21.5 Å². The standard InChI is InChI=1S/C14H16N4S2/c15-7-1-2-8-20-14-17-16-13(18(14)11-5-6-11)10-12-4-3-9-19-12/h3-4,9,11H,1-2,5-6,8,10H2. The summed E-state index contributed by atoms with van der Waals surface area (Å²) in [6.07, 6.45) is 4.88. The van der Waals surface area contributed by atoms with Gasteiger partial charge in [0, 0.05) is 29.5 Å². The van der Waals surface area contributed by atoms with E-state index in [-0.39, 0.29) is 0 Å². The van der Waals surface area contributed by atoms with Crippen LogP contribution in [0, 0.1) is 11.3 Å². The number of nitrogens with zero attached hydrogens (tertiary/aromatic N) is 4. The van der Waals surface area contributed by atoms with Crippen LogP contribution in [0.1, 0.15) is 42.4 Å². The van der Waals surface area contributed by atoms with E-state index < -0.39 is 0 Å². The molecule has 104 valence electrons. The SMILES string of the molecule is N#CCCCSc1nnc(Cc2cccs2)n1C1CC1. The van der Waals surface area contributed by atoms with E-state index in [1.54, 1.807) is 23.1 Å². The lowest BCUT2D eigenvalue weighted by Gasteiger charge is -2.07. The first kappa shape index (κ1) is 13.7. The minimum absolute atomic E-state index is 0.596. The van der Waals surface area contributed by atoms with Crippen molar-refractivity contribution >= 4 is 23.1 Å². The van der Waals surface area contributed by atoms with Gasteiger partial charge in [0.05, 0.1) is 6.07 Å². The van der Waals surface area contributed by atoms with Crippen molar-refractivity contribution in [2.45, 2.75) is 43.3 Å². The first-order chi connectivity index (χ1) is 9.88. The summed E-state index contributed by atoms with van der Waals surface area (Å²) in [5, 5.41) is 20.4. The molecule has 0 amide bonds. The predicted molar refractivity (Wildman–Crippen MR) is 81.0 cm³/mol. The van der Waals surface area contributed by atoms with Gasteiger partial charge in [0.1, 0.15) is 5.82 Å². The molecule has 0 aliphatic heterocycles. The Morgan fingerprint density at radius 2 is 2.35 bits per heavy atom. The quantitative estimate of drug-likeness (QED) is 0.578. The van der Waals surface area contributed by atoms with Crippen molar-refractivity contribution in [2.75, 3.05) is 5.75 Å². The molecule has 6 heteroatoms. The van der Waals surface area contributed by atoms with E-state index >= 15 is 0 Å². The van der Waals surface area contributed by atoms with Crippen molar-refractivity contribution in [3.63, 3.8) is 0 Å². The number of aromatic nitrogens is 3. The van der Waals surface area contributed by atoms with Crippen LogP contribution in [-0.2, 0) is 6.42 Å². The van der Waals surface area contributed by atoms with Crippen molar-refractivity contribution in [3.05, 3.63) is 28.2 Å². The fraction of sp³-hybridized carbons (Fsp3) is 0.500. The lowest BCUT2D eigenvalue weighted by molar-refractivity contribution is 0.635. The first-order valence-electron chi connectivity index (χ1n) is 6.84. The Balaban J connectivity index is 1.71. The molecule has 3 rings (SSSR count). The third-order valence-corrected chi connectivity index (χ3v) is 5.13. The fourth-order valence-electron chi connectivity index (χ4n) is 2.11.